The Bertz CT molecular complexity index is 421. The number of unbranched alkanes of at least 4 members (excludes halogenated alkanes) is 1. The van der Waals surface area contributed by atoms with Crippen LogP contribution in [-0.4, -0.2) is 43.3 Å². The molecule has 0 aliphatic heterocycles. The second-order valence-corrected chi connectivity index (χ2v) is 5.88. The Morgan fingerprint density at radius 1 is 1.24 bits per heavy atom. The van der Waals surface area contributed by atoms with Crippen molar-refractivity contribution in [3.05, 3.63) is 23.8 Å². The summed E-state index contributed by atoms with van der Waals surface area (Å²) in [6.07, 6.45) is 2.31. The maximum absolute atomic E-state index is 9.94. The van der Waals surface area contributed by atoms with Crippen molar-refractivity contribution < 1.29 is 9.84 Å². The Hall–Kier alpha value is -1.26. The summed E-state index contributed by atoms with van der Waals surface area (Å²) in [5, 5.41) is 13.4. The maximum atomic E-state index is 9.94. The van der Waals surface area contributed by atoms with Crippen LogP contribution in [0.4, 0.5) is 0 Å². The van der Waals surface area contributed by atoms with Gasteiger partial charge in [0.25, 0.3) is 0 Å². The summed E-state index contributed by atoms with van der Waals surface area (Å²) in [6, 6.07) is 6.06. The summed E-state index contributed by atoms with van der Waals surface area (Å²) in [4.78, 5) is 2.36. The molecule has 0 spiro atoms. The van der Waals surface area contributed by atoms with E-state index in [9.17, 15) is 5.11 Å². The normalized spacial score (nSPS) is 12.9. The first-order valence-corrected chi connectivity index (χ1v) is 7.76. The Morgan fingerprint density at radius 3 is 2.57 bits per heavy atom. The highest BCUT2D eigenvalue weighted by atomic mass is 16.5. The van der Waals surface area contributed by atoms with Gasteiger partial charge in [-0.05, 0) is 71.9 Å². The lowest BCUT2D eigenvalue weighted by Gasteiger charge is -2.21. The van der Waals surface area contributed by atoms with Gasteiger partial charge in [0.15, 0.2) is 0 Å². The number of hydrogen-bond donors (Lipinski definition) is 2. The van der Waals surface area contributed by atoms with Gasteiger partial charge in [0.1, 0.15) is 11.5 Å². The van der Waals surface area contributed by atoms with Crippen LogP contribution in [0.15, 0.2) is 18.2 Å². The van der Waals surface area contributed by atoms with E-state index in [2.05, 4.69) is 38.0 Å². The van der Waals surface area contributed by atoms with Gasteiger partial charge in [0, 0.05) is 17.6 Å². The molecule has 0 aliphatic rings. The van der Waals surface area contributed by atoms with Gasteiger partial charge in [0.2, 0.25) is 0 Å². The van der Waals surface area contributed by atoms with Crippen LogP contribution in [0.2, 0.25) is 0 Å². The van der Waals surface area contributed by atoms with Crippen molar-refractivity contribution in [2.75, 3.05) is 27.2 Å². The minimum absolute atomic E-state index is 0.114. The van der Waals surface area contributed by atoms with Crippen molar-refractivity contribution in [1.29, 1.82) is 0 Å². The maximum Gasteiger partial charge on any atom is 0.120 e. The molecule has 120 valence electrons. The standard InChI is InChI=1S/C17H30N2O2/c1-13(2)19(4)11-7-6-10-18-14(3)16-12-15(21-5)8-9-17(16)20/h8-9,12-14,18,20H,6-7,10-11H2,1-5H3. The van der Waals surface area contributed by atoms with Gasteiger partial charge in [-0.2, -0.15) is 0 Å². The first-order valence-electron chi connectivity index (χ1n) is 7.76. The molecule has 1 atom stereocenters. The zero-order valence-corrected chi connectivity index (χ0v) is 14.0. The molecule has 2 N–H and O–H groups in total. The number of phenolic OH excluding ortho intramolecular Hbond substituents is 1. The first-order chi connectivity index (χ1) is 9.95. The molecule has 0 saturated carbocycles. The van der Waals surface area contributed by atoms with Crippen molar-refractivity contribution in [1.82, 2.24) is 10.2 Å². The van der Waals surface area contributed by atoms with E-state index in [1.165, 1.54) is 6.42 Å². The van der Waals surface area contributed by atoms with Crippen LogP contribution in [0.25, 0.3) is 0 Å². The van der Waals surface area contributed by atoms with Gasteiger partial charge >= 0.3 is 0 Å². The van der Waals surface area contributed by atoms with Gasteiger partial charge in [-0.25, -0.2) is 0 Å². The number of methoxy groups -OCH3 is 1. The van der Waals surface area contributed by atoms with Crippen molar-refractivity contribution in [2.45, 2.75) is 45.7 Å². The number of benzene rings is 1. The minimum atomic E-state index is 0.114. The fourth-order valence-corrected chi connectivity index (χ4v) is 2.18. The van der Waals surface area contributed by atoms with Crippen molar-refractivity contribution in [2.24, 2.45) is 0 Å². The average molecular weight is 294 g/mol. The molecule has 1 rings (SSSR count). The summed E-state index contributed by atoms with van der Waals surface area (Å²) in [5.41, 5.74) is 0.883. The predicted molar refractivity (Wildman–Crippen MR) is 88.1 cm³/mol. The third-order valence-corrected chi connectivity index (χ3v) is 3.97. The second-order valence-electron chi connectivity index (χ2n) is 5.88. The lowest BCUT2D eigenvalue weighted by atomic mass is 10.1. The molecule has 0 heterocycles. The van der Waals surface area contributed by atoms with Gasteiger partial charge in [0.05, 0.1) is 7.11 Å². The van der Waals surface area contributed by atoms with E-state index in [0.29, 0.717) is 11.8 Å². The molecule has 1 unspecified atom stereocenters. The largest absolute Gasteiger partial charge is 0.508 e. The van der Waals surface area contributed by atoms with Crippen LogP contribution >= 0.6 is 0 Å². The molecule has 0 saturated heterocycles. The number of rotatable bonds is 9. The van der Waals surface area contributed by atoms with E-state index in [-0.39, 0.29) is 6.04 Å². The number of nitrogens with one attached hydrogen (secondary N) is 1. The SMILES string of the molecule is COc1ccc(O)c(C(C)NCCCCN(C)C(C)C)c1. The highest BCUT2D eigenvalue weighted by molar-refractivity contribution is 5.41. The molecule has 1 aromatic rings. The monoisotopic (exact) mass is 294 g/mol. The van der Waals surface area contributed by atoms with Gasteiger partial charge in [-0.3, -0.25) is 0 Å². The number of nitrogens with zero attached hydrogens (tertiary/aromatic N) is 1. The summed E-state index contributed by atoms with van der Waals surface area (Å²) in [5.74, 6) is 1.09. The molecule has 4 nitrogen and oxygen atoms in total. The van der Waals surface area contributed by atoms with Crippen LogP contribution in [0.3, 0.4) is 0 Å². The Balaban J connectivity index is 2.35. The molecule has 0 aromatic heterocycles. The van der Waals surface area contributed by atoms with E-state index < -0.39 is 0 Å². The summed E-state index contributed by atoms with van der Waals surface area (Å²) in [7, 11) is 3.80. The smallest absolute Gasteiger partial charge is 0.120 e. The molecule has 0 aliphatic carbocycles. The van der Waals surface area contributed by atoms with E-state index in [1.54, 1.807) is 19.2 Å². The number of hydrogen-bond acceptors (Lipinski definition) is 4. The number of ether oxygens (including phenoxy) is 1. The Labute approximate surface area is 129 Å². The van der Waals surface area contributed by atoms with E-state index in [0.717, 1.165) is 30.8 Å². The molecule has 21 heavy (non-hydrogen) atoms. The lowest BCUT2D eigenvalue weighted by molar-refractivity contribution is 0.267. The minimum Gasteiger partial charge on any atom is -0.508 e. The van der Waals surface area contributed by atoms with E-state index >= 15 is 0 Å². The fourth-order valence-electron chi connectivity index (χ4n) is 2.18. The summed E-state index contributed by atoms with van der Waals surface area (Å²) < 4.78 is 5.21. The Kier molecular flexibility index (Phi) is 7.54. The van der Waals surface area contributed by atoms with Gasteiger partial charge < -0.3 is 20.1 Å². The van der Waals surface area contributed by atoms with Gasteiger partial charge in [-0.1, -0.05) is 0 Å². The summed E-state index contributed by atoms with van der Waals surface area (Å²) in [6.45, 7) is 8.56. The van der Waals surface area contributed by atoms with Crippen LogP contribution in [0.1, 0.15) is 45.2 Å². The molecule has 0 amide bonds. The van der Waals surface area contributed by atoms with E-state index in [4.69, 9.17) is 4.74 Å². The quantitative estimate of drug-likeness (QED) is 0.687. The Morgan fingerprint density at radius 2 is 1.95 bits per heavy atom. The highest BCUT2D eigenvalue weighted by Gasteiger charge is 2.11. The van der Waals surface area contributed by atoms with E-state index in [1.807, 2.05) is 6.07 Å². The van der Waals surface area contributed by atoms with Gasteiger partial charge in [-0.15, -0.1) is 0 Å². The average Bonchev–Trinajstić information content (AvgIpc) is 2.46. The number of phenols is 1. The molecule has 0 radical (unpaired) electrons. The zero-order valence-electron chi connectivity index (χ0n) is 14.0. The fraction of sp³-hybridized carbons (Fsp3) is 0.647. The third-order valence-electron chi connectivity index (χ3n) is 3.97. The van der Waals surface area contributed by atoms with Crippen LogP contribution in [0.5, 0.6) is 11.5 Å². The van der Waals surface area contributed by atoms with Crippen LogP contribution < -0.4 is 10.1 Å². The second kappa shape index (κ2) is 8.90. The molecule has 4 heteroatoms. The van der Waals surface area contributed by atoms with Crippen molar-refractivity contribution in [3.8, 4) is 11.5 Å². The molecule has 0 bridgehead atoms. The number of aromatic hydroxyl groups is 1. The van der Waals surface area contributed by atoms with Crippen LogP contribution in [-0.2, 0) is 0 Å². The lowest BCUT2D eigenvalue weighted by Crippen LogP contribution is -2.28. The zero-order chi connectivity index (χ0) is 15.8. The topological polar surface area (TPSA) is 44.7 Å². The summed E-state index contributed by atoms with van der Waals surface area (Å²) >= 11 is 0. The highest BCUT2D eigenvalue weighted by Crippen LogP contribution is 2.28. The molecular weight excluding hydrogens is 264 g/mol. The van der Waals surface area contributed by atoms with Crippen molar-refractivity contribution in [3.63, 3.8) is 0 Å². The predicted octanol–water partition coefficient (Wildman–Crippen LogP) is 3.17. The molecule has 0 fully saturated rings. The van der Waals surface area contributed by atoms with Crippen molar-refractivity contribution >= 4 is 0 Å². The molecular formula is C17H30N2O2. The third kappa shape index (κ3) is 5.94. The van der Waals surface area contributed by atoms with Crippen LogP contribution in [0, 0.1) is 0 Å². The molecule has 1 aromatic carbocycles. The first kappa shape index (κ1) is 17.8.